The van der Waals surface area contributed by atoms with E-state index in [1.54, 1.807) is 12.4 Å². The molecule has 2 aromatic rings. The van der Waals surface area contributed by atoms with Crippen molar-refractivity contribution in [2.24, 2.45) is 0 Å². The van der Waals surface area contributed by atoms with Crippen LogP contribution in [0.5, 0.6) is 0 Å². The molecule has 0 saturated heterocycles. The van der Waals surface area contributed by atoms with Gasteiger partial charge >= 0.3 is 6.03 Å². The summed E-state index contributed by atoms with van der Waals surface area (Å²) in [6.07, 6.45) is 7.90. The van der Waals surface area contributed by atoms with Crippen molar-refractivity contribution in [3.63, 3.8) is 0 Å². The van der Waals surface area contributed by atoms with Crippen LogP contribution in [0.4, 0.5) is 4.79 Å². The van der Waals surface area contributed by atoms with E-state index in [-0.39, 0.29) is 12.1 Å². The number of rotatable bonds is 3. The molecule has 1 heterocycles. The topological polar surface area (TPSA) is 54.0 Å². The number of nitrogens with one attached hydrogen (secondary N) is 2. The van der Waals surface area contributed by atoms with Crippen molar-refractivity contribution < 1.29 is 4.79 Å². The van der Waals surface area contributed by atoms with E-state index in [0.29, 0.717) is 6.54 Å². The molecule has 2 N–H and O–H groups in total. The van der Waals surface area contributed by atoms with Gasteiger partial charge in [-0.05, 0) is 48.1 Å². The van der Waals surface area contributed by atoms with Gasteiger partial charge in [0.2, 0.25) is 0 Å². The molecule has 0 fully saturated rings. The van der Waals surface area contributed by atoms with Crippen molar-refractivity contribution in [1.82, 2.24) is 15.6 Å². The van der Waals surface area contributed by atoms with Crippen molar-refractivity contribution >= 4 is 6.03 Å². The number of carbonyl (C=O) groups excluding carboxylic acids is 1. The molecule has 0 spiro atoms. The van der Waals surface area contributed by atoms with Gasteiger partial charge in [0.1, 0.15) is 0 Å². The molecule has 1 aliphatic rings. The molecular weight excluding hydrogens is 274 g/mol. The average Bonchev–Trinajstić information content (AvgIpc) is 2.77. The first-order valence-corrected chi connectivity index (χ1v) is 7.84. The van der Waals surface area contributed by atoms with Crippen LogP contribution in [0.15, 0.2) is 48.8 Å². The third-order valence-electron chi connectivity index (χ3n) is 4.13. The fraction of sp³-hybridized carbons (Fsp3) is 0.333. The third kappa shape index (κ3) is 3.64. The number of fused-ring (bicyclic) bond motifs is 1. The number of amides is 2. The Balaban J connectivity index is 1.61. The minimum atomic E-state index is -0.112. The van der Waals surface area contributed by atoms with Crippen LogP contribution in [-0.2, 0) is 13.0 Å². The van der Waals surface area contributed by atoms with Crippen molar-refractivity contribution in [1.29, 1.82) is 0 Å². The number of benzene rings is 1. The zero-order valence-electron chi connectivity index (χ0n) is 12.6. The smallest absolute Gasteiger partial charge is 0.315 e. The second-order valence-electron chi connectivity index (χ2n) is 5.68. The molecule has 4 nitrogen and oxygen atoms in total. The zero-order chi connectivity index (χ0) is 15.2. The summed E-state index contributed by atoms with van der Waals surface area (Å²) in [5, 5.41) is 6.04. The van der Waals surface area contributed by atoms with Crippen LogP contribution in [0.25, 0.3) is 0 Å². The fourth-order valence-corrected chi connectivity index (χ4v) is 2.96. The number of aromatic nitrogens is 1. The SMILES string of the molecule is O=C(NCc1ccncc1)N[C@@H]1CCCCc2ccccc21. The predicted octanol–water partition coefficient (Wildman–Crippen LogP) is 3.35. The molecular formula is C18H21N3O. The standard InChI is InChI=1S/C18H21N3O/c22-18(20-13-14-9-11-19-12-10-14)21-17-8-4-2-6-15-5-1-3-7-16(15)17/h1,3,5,7,9-12,17H,2,4,6,8,13H2,(H2,20,21,22)/t17-/m1/s1. The van der Waals surface area contributed by atoms with E-state index in [1.807, 2.05) is 18.2 Å². The highest BCUT2D eigenvalue weighted by Crippen LogP contribution is 2.28. The van der Waals surface area contributed by atoms with E-state index in [4.69, 9.17) is 0 Å². The Hall–Kier alpha value is -2.36. The van der Waals surface area contributed by atoms with Crippen LogP contribution >= 0.6 is 0 Å². The summed E-state index contributed by atoms with van der Waals surface area (Å²) in [7, 11) is 0. The Morgan fingerprint density at radius 2 is 1.95 bits per heavy atom. The van der Waals surface area contributed by atoms with Crippen molar-refractivity contribution in [2.75, 3.05) is 0 Å². The Labute approximate surface area is 131 Å². The van der Waals surface area contributed by atoms with E-state index < -0.39 is 0 Å². The quantitative estimate of drug-likeness (QED) is 0.853. The average molecular weight is 295 g/mol. The maximum absolute atomic E-state index is 12.2. The van der Waals surface area contributed by atoms with Crippen molar-refractivity contribution in [2.45, 2.75) is 38.3 Å². The molecule has 0 aliphatic heterocycles. The maximum Gasteiger partial charge on any atom is 0.315 e. The first-order chi connectivity index (χ1) is 10.8. The molecule has 0 radical (unpaired) electrons. The molecule has 1 aliphatic carbocycles. The molecule has 2 amide bonds. The summed E-state index contributed by atoms with van der Waals surface area (Å²) < 4.78 is 0. The Morgan fingerprint density at radius 1 is 1.14 bits per heavy atom. The van der Waals surface area contributed by atoms with E-state index in [2.05, 4.69) is 33.8 Å². The summed E-state index contributed by atoms with van der Waals surface area (Å²) in [5.41, 5.74) is 3.67. The van der Waals surface area contributed by atoms with Crippen LogP contribution in [0.3, 0.4) is 0 Å². The Morgan fingerprint density at radius 3 is 2.82 bits per heavy atom. The summed E-state index contributed by atoms with van der Waals surface area (Å²) >= 11 is 0. The van der Waals surface area contributed by atoms with Crippen LogP contribution < -0.4 is 10.6 Å². The van der Waals surface area contributed by atoms with Gasteiger partial charge in [-0.1, -0.05) is 30.7 Å². The lowest BCUT2D eigenvalue weighted by Crippen LogP contribution is -2.37. The number of hydrogen-bond donors (Lipinski definition) is 2. The van der Waals surface area contributed by atoms with Crippen LogP contribution in [0.2, 0.25) is 0 Å². The summed E-state index contributed by atoms with van der Waals surface area (Å²) in [6, 6.07) is 12.2. The zero-order valence-corrected chi connectivity index (χ0v) is 12.6. The van der Waals surface area contributed by atoms with E-state index in [9.17, 15) is 4.79 Å². The van der Waals surface area contributed by atoms with Gasteiger partial charge in [0, 0.05) is 18.9 Å². The normalized spacial score (nSPS) is 17.2. The lowest BCUT2D eigenvalue weighted by molar-refractivity contribution is 0.236. The van der Waals surface area contributed by atoms with E-state index in [0.717, 1.165) is 24.8 Å². The lowest BCUT2D eigenvalue weighted by atomic mass is 9.99. The van der Waals surface area contributed by atoms with Crippen molar-refractivity contribution in [3.8, 4) is 0 Å². The van der Waals surface area contributed by atoms with Crippen LogP contribution in [-0.4, -0.2) is 11.0 Å². The van der Waals surface area contributed by atoms with Crippen LogP contribution in [0.1, 0.15) is 42.0 Å². The molecule has 0 unspecified atom stereocenters. The largest absolute Gasteiger partial charge is 0.334 e. The highest BCUT2D eigenvalue weighted by atomic mass is 16.2. The maximum atomic E-state index is 12.2. The minimum Gasteiger partial charge on any atom is -0.334 e. The highest BCUT2D eigenvalue weighted by Gasteiger charge is 2.19. The molecule has 0 saturated carbocycles. The molecule has 1 aromatic heterocycles. The highest BCUT2D eigenvalue weighted by molar-refractivity contribution is 5.74. The predicted molar refractivity (Wildman–Crippen MR) is 86.3 cm³/mol. The van der Waals surface area contributed by atoms with E-state index >= 15 is 0 Å². The molecule has 1 aromatic carbocycles. The van der Waals surface area contributed by atoms with Gasteiger partial charge in [0.25, 0.3) is 0 Å². The van der Waals surface area contributed by atoms with Crippen molar-refractivity contribution in [3.05, 3.63) is 65.5 Å². The minimum absolute atomic E-state index is 0.108. The molecule has 22 heavy (non-hydrogen) atoms. The van der Waals surface area contributed by atoms with Gasteiger partial charge in [0.05, 0.1) is 6.04 Å². The van der Waals surface area contributed by atoms with Gasteiger partial charge in [0.15, 0.2) is 0 Å². The van der Waals surface area contributed by atoms with Gasteiger partial charge in [-0.2, -0.15) is 0 Å². The number of aryl methyl sites for hydroxylation is 1. The number of hydrogen-bond acceptors (Lipinski definition) is 2. The summed E-state index contributed by atoms with van der Waals surface area (Å²) in [6.45, 7) is 0.517. The monoisotopic (exact) mass is 295 g/mol. The molecule has 0 bridgehead atoms. The second-order valence-corrected chi connectivity index (χ2v) is 5.68. The number of nitrogens with zero attached hydrogens (tertiary/aromatic N) is 1. The molecule has 114 valence electrons. The van der Waals surface area contributed by atoms with Gasteiger partial charge in [-0.15, -0.1) is 0 Å². The first kappa shape index (κ1) is 14.6. The summed E-state index contributed by atoms with van der Waals surface area (Å²) in [4.78, 5) is 16.1. The van der Waals surface area contributed by atoms with Gasteiger partial charge in [-0.25, -0.2) is 4.79 Å². The fourth-order valence-electron chi connectivity index (χ4n) is 2.96. The first-order valence-electron chi connectivity index (χ1n) is 7.84. The van der Waals surface area contributed by atoms with Crippen LogP contribution in [0, 0.1) is 0 Å². The number of urea groups is 1. The van der Waals surface area contributed by atoms with E-state index in [1.165, 1.54) is 17.5 Å². The molecule has 3 rings (SSSR count). The number of pyridine rings is 1. The molecule has 4 heteroatoms. The Kier molecular flexibility index (Phi) is 4.68. The Bertz CT molecular complexity index is 627. The summed E-state index contributed by atoms with van der Waals surface area (Å²) in [5.74, 6) is 0. The molecule has 1 atom stereocenters. The number of carbonyl (C=O) groups is 1. The third-order valence-corrected chi connectivity index (χ3v) is 4.13. The van der Waals surface area contributed by atoms with Gasteiger partial charge in [-0.3, -0.25) is 4.98 Å². The lowest BCUT2D eigenvalue weighted by Gasteiger charge is -2.19. The second kappa shape index (κ2) is 7.07. The van der Waals surface area contributed by atoms with Gasteiger partial charge < -0.3 is 10.6 Å².